The van der Waals surface area contributed by atoms with Crippen LogP contribution in [0, 0.1) is 13.8 Å². The Labute approximate surface area is 221 Å². The number of rotatable bonds is 5. The van der Waals surface area contributed by atoms with Gasteiger partial charge in [0.05, 0.1) is 28.9 Å². The second-order valence-electron chi connectivity index (χ2n) is 9.18. The number of phenolic OH excluding ortho intramolecular Hbond substituents is 1. The van der Waals surface area contributed by atoms with Crippen molar-refractivity contribution in [3.05, 3.63) is 94.4 Å². The van der Waals surface area contributed by atoms with Gasteiger partial charge in [-0.3, -0.25) is 14.5 Å². The fourth-order valence-corrected chi connectivity index (χ4v) is 6.12. The van der Waals surface area contributed by atoms with Crippen molar-refractivity contribution < 1.29 is 29.0 Å². The number of thiazole rings is 1. The summed E-state index contributed by atoms with van der Waals surface area (Å²) in [5.41, 5.74) is 3.40. The summed E-state index contributed by atoms with van der Waals surface area (Å²) in [5.74, 6) is -1.75. The first-order chi connectivity index (χ1) is 18.3. The summed E-state index contributed by atoms with van der Waals surface area (Å²) in [7, 11) is 1.50. The van der Waals surface area contributed by atoms with E-state index in [1.54, 1.807) is 36.4 Å². The Morgan fingerprint density at radius 2 is 1.87 bits per heavy atom. The van der Waals surface area contributed by atoms with Gasteiger partial charge in [-0.1, -0.05) is 41.7 Å². The summed E-state index contributed by atoms with van der Waals surface area (Å²) >= 11 is 1.29. The third-order valence-electron chi connectivity index (χ3n) is 6.62. The van der Waals surface area contributed by atoms with Gasteiger partial charge in [-0.2, -0.15) is 0 Å². The number of methoxy groups -OCH3 is 1. The number of hydrogen-bond acceptors (Lipinski definition) is 8. The fourth-order valence-electron chi connectivity index (χ4n) is 4.95. The Hall–Kier alpha value is -4.63. The van der Waals surface area contributed by atoms with Gasteiger partial charge in [0.25, 0.3) is 5.91 Å². The zero-order valence-corrected chi connectivity index (χ0v) is 21.5. The quantitative estimate of drug-likeness (QED) is 0.264. The average Bonchev–Trinajstić information content (AvgIpc) is 3.58. The van der Waals surface area contributed by atoms with E-state index in [-0.39, 0.29) is 17.1 Å². The summed E-state index contributed by atoms with van der Waals surface area (Å²) < 4.78 is 12.1. The highest BCUT2D eigenvalue weighted by Crippen LogP contribution is 2.45. The van der Waals surface area contributed by atoms with Crippen LogP contribution in [0.1, 0.15) is 33.3 Å². The van der Waals surface area contributed by atoms with Crippen molar-refractivity contribution in [2.45, 2.75) is 19.9 Å². The SMILES string of the molecule is COc1cccc2cc(C(=O)C3=C(O)C(=O)N(c4nc5c(C)cc(C)cc5s4)C3c3cccc(O)c3)oc12. The molecule has 0 bridgehead atoms. The number of hydrogen-bond donors (Lipinski definition) is 2. The molecule has 0 saturated heterocycles. The molecule has 3 aromatic carbocycles. The molecule has 1 atom stereocenters. The van der Waals surface area contributed by atoms with Gasteiger partial charge in [0, 0.05) is 5.39 Å². The van der Waals surface area contributed by atoms with Gasteiger partial charge in [0.15, 0.2) is 28.0 Å². The van der Waals surface area contributed by atoms with E-state index >= 15 is 0 Å². The van der Waals surface area contributed by atoms with Gasteiger partial charge in [-0.25, -0.2) is 4.98 Å². The molecule has 38 heavy (non-hydrogen) atoms. The van der Waals surface area contributed by atoms with E-state index in [4.69, 9.17) is 14.1 Å². The van der Waals surface area contributed by atoms with Crippen molar-refractivity contribution in [1.29, 1.82) is 0 Å². The number of furan rings is 1. The lowest BCUT2D eigenvalue weighted by Gasteiger charge is -2.24. The number of benzene rings is 3. The number of aliphatic hydroxyl groups is 1. The highest BCUT2D eigenvalue weighted by molar-refractivity contribution is 7.22. The summed E-state index contributed by atoms with van der Waals surface area (Å²) in [4.78, 5) is 33.4. The van der Waals surface area contributed by atoms with Gasteiger partial charge >= 0.3 is 0 Å². The Balaban J connectivity index is 1.52. The lowest BCUT2D eigenvalue weighted by Crippen LogP contribution is -2.30. The van der Waals surface area contributed by atoms with Gasteiger partial charge in [0.1, 0.15) is 5.75 Å². The summed E-state index contributed by atoms with van der Waals surface area (Å²) in [6, 6.07) is 16.0. The summed E-state index contributed by atoms with van der Waals surface area (Å²) in [5, 5.41) is 22.3. The van der Waals surface area contributed by atoms with E-state index < -0.39 is 23.5 Å². The molecule has 0 radical (unpaired) electrons. The lowest BCUT2D eigenvalue weighted by atomic mass is 9.95. The number of carbonyl (C=O) groups excluding carboxylic acids is 2. The number of carbonyl (C=O) groups is 2. The number of nitrogens with zero attached hydrogens (tertiary/aromatic N) is 2. The zero-order valence-electron chi connectivity index (χ0n) is 20.7. The molecule has 2 N–H and O–H groups in total. The number of para-hydroxylation sites is 1. The van der Waals surface area contributed by atoms with E-state index in [0.29, 0.717) is 27.4 Å². The Kier molecular flexibility index (Phi) is 5.46. The maximum absolute atomic E-state index is 13.9. The molecular formula is C29H22N2O6S. The largest absolute Gasteiger partial charge is 0.508 e. The lowest BCUT2D eigenvalue weighted by molar-refractivity contribution is -0.117. The van der Waals surface area contributed by atoms with E-state index in [0.717, 1.165) is 21.3 Å². The standard InChI is InChI=1S/C29H22N2O6S/c1-14-10-15(2)23-21(11-14)38-29(30-23)31-24(16-6-4-8-18(32)12-16)22(26(34)28(31)35)25(33)20-13-17-7-5-9-19(36-3)27(17)37-20/h4-13,24,32,34H,1-3H3. The molecule has 1 amide bonds. The van der Waals surface area contributed by atoms with Gasteiger partial charge in [0.2, 0.25) is 5.78 Å². The normalized spacial score (nSPS) is 15.7. The molecule has 190 valence electrons. The molecule has 1 aliphatic heterocycles. The van der Waals surface area contributed by atoms with E-state index in [1.807, 2.05) is 26.0 Å². The van der Waals surface area contributed by atoms with Crippen LogP contribution in [-0.4, -0.2) is 34.0 Å². The minimum atomic E-state index is -1.04. The molecule has 5 aromatic rings. The molecular weight excluding hydrogens is 504 g/mol. The summed E-state index contributed by atoms with van der Waals surface area (Å²) in [6.45, 7) is 3.92. The maximum atomic E-state index is 13.9. The third-order valence-corrected chi connectivity index (χ3v) is 7.62. The molecule has 6 rings (SSSR count). The smallest absolute Gasteiger partial charge is 0.296 e. The topological polar surface area (TPSA) is 113 Å². The highest BCUT2D eigenvalue weighted by Gasteiger charge is 2.46. The predicted molar refractivity (Wildman–Crippen MR) is 144 cm³/mol. The number of aryl methyl sites for hydroxylation is 2. The number of ether oxygens (including phenoxy) is 1. The van der Waals surface area contributed by atoms with Crippen molar-refractivity contribution in [3.63, 3.8) is 0 Å². The van der Waals surface area contributed by atoms with Gasteiger partial charge in [-0.05, 0) is 60.9 Å². The van der Waals surface area contributed by atoms with Crippen LogP contribution in [0.3, 0.4) is 0 Å². The first kappa shape index (κ1) is 23.7. The van der Waals surface area contributed by atoms with Crippen LogP contribution in [0.2, 0.25) is 0 Å². The number of ketones is 1. The van der Waals surface area contributed by atoms with Crippen molar-refractivity contribution >= 4 is 49.3 Å². The molecule has 2 aromatic heterocycles. The van der Waals surface area contributed by atoms with Crippen LogP contribution in [0.5, 0.6) is 11.5 Å². The Bertz CT molecular complexity index is 1810. The van der Waals surface area contributed by atoms with Crippen molar-refractivity contribution in [2.24, 2.45) is 0 Å². The number of Topliss-reactive ketones (excluding diaryl/α,β-unsaturated/α-hetero) is 1. The molecule has 0 spiro atoms. The highest BCUT2D eigenvalue weighted by atomic mass is 32.1. The van der Waals surface area contributed by atoms with Crippen LogP contribution < -0.4 is 9.64 Å². The maximum Gasteiger partial charge on any atom is 0.296 e. The first-order valence-corrected chi connectivity index (χ1v) is 12.6. The summed E-state index contributed by atoms with van der Waals surface area (Å²) in [6.07, 6.45) is 0. The average molecular weight is 527 g/mol. The van der Waals surface area contributed by atoms with Crippen molar-refractivity contribution in [2.75, 3.05) is 12.0 Å². The van der Waals surface area contributed by atoms with Gasteiger partial charge in [-0.15, -0.1) is 0 Å². The van der Waals surface area contributed by atoms with Crippen LogP contribution >= 0.6 is 11.3 Å². The number of amides is 1. The number of phenols is 1. The molecule has 0 fully saturated rings. The van der Waals surface area contributed by atoms with E-state index in [9.17, 15) is 19.8 Å². The Morgan fingerprint density at radius 1 is 1.08 bits per heavy atom. The monoisotopic (exact) mass is 526 g/mol. The minimum Gasteiger partial charge on any atom is -0.508 e. The van der Waals surface area contributed by atoms with E-state index in [2.05, 4.69) is 0 Å². The number of aromatic nitrogens is 1. The molecule has 1 aliphatic rings. The number of aliphatic hydroxyl groups excluding tert-OH is 1. The molecule has 3 heterocycles. The van der Waals surface area contributed by atoms with Crippen LogP contribution in [-0.2, 0) is 4.79 Å². The first-order valence-electron chi connectivity index (χ1n) is 11.8. The number of anilines is 1. The molecule has 0 saturated carbocycles. The van der Waals surface area contributed by atoms with E-state index in [1.165, 1.54) is 35.5 Å². The van der Waals surface area contributed by atoms with Crippen LogP contribution in [0.25, 0.3) is 21.2 Å². The van der Waals surface area contributed by atoms with Crippen LogP contribution in [0.15, 0.2) is 76.4 Å². The second kappa shape index (κ2) is 8.74. The second-order valence-corrected chi connectivity index (χ2v) is 10.2. The zero-order chi connectivity index (χ0) is 26.7. The molecule has 1 unspecified atom stereocenters. The Morgan fingerprint density at radius 3 is 2.63 bits per heavy atom. The minimum absolute atomic E-state index is 0.0441. The number of aromatic hydroxyl groups is 1. The number of fused-ring (bicyclic) bond motifs is 2. The predicted octanol–water partition coefficient (Wildman–Crippen LogP) is 6.16. The van der Waals surface area contributed by atoms with Crippen molar-refractivity contribution in [3.8, 4) is 11.5 Å². The third kappa shape index (κ3) is 3.62. The van der Waals surface area contributed by atoms with Gasteiger partial charge < -0.3 is 19.4 Å². The fraction of sp³-hybridized carbons (Fsp3) is 0.138. The molecule has 9 heteroatoms. The molecule has 8 nitrogen and oxygen atoms in total. The van der Waals surface area contributed by atoms with Crippen LogP contribution in [0.4, 0.5) is 5.13 Å². The molecule has 0 aliphatic carbocycles. The van der Waals surface area contributed by atoms with Crippen molar-refractivity contribution in [1.82, 2.24) is 4.98 Å².